The molecule has 0 unspecified atom stereocenters. The van der Waals surface area contributed by atoms with Gasteiger partial charge in [0.05, 0.1) is 23.0 Å². The standard InChI is InChI=1S/C21H18N2O3S/c1-26-17-11-9-16(10-12-17)23-20-6-4-3-5-19(20)22-21(23)15-7-13-18(14-8-15)27(2,24)25/h3-14H,1-2H3. The van der Waals surface area contributed by atoms with Gasteiger partial charge < -0.3 is 4.74 Å². The summed E-state index contributed by atoms with van der Waals surface area (Å²) in [5, 5.41) is 0. The number of sulfone groups is 1. The molecule has 0 bridgehead atoms. The van der Waals surface area contributed by atoms with E-state index in [-0.39, 0.29) is 0 Å². The van der Waals surface area contributed by atoms with Gasteiger partial charge in [-0.15, -0.1) is 0 Å². The maximum Gasteiger partial charge on any atom is 0.175 e. The lowest BCUT2D eigenvalue weighted by atomic mass is 10.2. The molecule has 0 aliphatic carbocycles. The van der Waals surface area contributed by atoms with Gasteiger partial charge in [0.25, 0.3) is 0 Å². The Labute approximate surface area is 157 Å². The highest BCUT2D eigenvalue weighted by atomic mass is 32.2. The molecule has 0 saturated heterocycles. The van der Waals surface area contributed by atoms with Crippen molar-refractivity contribution in [1.82, 2.24) is 9.55 Å². The largest absolute Gasteiger partial charge is 0.497 e. The summed E-state index contributed by atoms with van der Waals surface area (Å²) in [5.41, 5.74) is 3.64. The molecule has 0 aliphatic rings. The first kappa shape index (κ1) is 17.3. The van der Waals surface area contributed by atoms with Crippen molar-refractivity contribution in [3.8, 4) is 22.8 Å². The molecule has 3 aromatic carbocycles. The molecule has 0 saturated carbocycles. The second-order valence-corrected chi connectivity index (χ2v) is 8.27. The fourth-order valence-electron chi connectivity index (χ4n) is 3.06. The second kappa shape index (κ2) is 6.55. The van der Waals surface area contributed by atoms with Crippen molar-refractivity contribution in [3.63, 3.8) is 0 Å². The Morgan fingerprint density at radius 1 is 0.889 bits per heavy atom. The molecule has 4 rings (SSSR count). The summed E-state index contributed by atoms with van der Waals surface area (Å²) >= 11 is 0. The van der Waals surface area contributed by atoms with Gasteiger partial charge in [-0.25, -0.2) is 13.4 Å². The van der Waals surface area contributed by atoms with Crippen LogP contribution in [0.25, 0.3) is 28.1 Å². The molecule has 1 heterocycles. The van der Waals surface area contributed by atoms with Crippen LogP contribution in [0.3, 0.4) is 0 Å². The molecule has 0 amide bonds. The summed E-state index contributed by atoms with van der Waals surface area (Å²) in [5.74, 6) is 1.53. The SMILES string of the molecule is COc1ccc(-n2c(-c3ccc(S(C)(=O)=O)cc3)nc3ccccc32)cc1. The fraction of sp³-hybridized carbons (Fsp3) is 0.0952. The molecule has 0 radical (unpaired) electrons. The third-order valence-electron chi connectivity index (χ3n) is 4.43. The Kier molecular flexibility index (Phi) is 4.20. The zero-order valence-corrected chi connectivity index (χ0v) is 15.8. The van der Waals surface area contributed by atoms with Crippen LogP contribution in [0.15, 0.2) is 77.7 Å². The zero-order valence-electron chi connectivity index (χ0n) is 15.0. The number of benzene rings is 3. The highest BCUT2D eigenvalue weighted by molar-refractivity contribution is 7.90. The maximum absolute atomic E-state index is 11.7. The summed E-state index contributed by atoms with van der Waals surface area (Å²) in [6, 6.07) is 22.5. The number of hydrogen-bond donors (Lipinski definition) is 0. The van der Waals surface area contributed by atoms with E-state index < -0.39 is 9.84 Å². The smallest absolute Gasteiger partial charge is 0.175 e. The van der Waals surface area contributed by atoms with Gasteiger partial charge in [-0.05, 0) is 60.7 Å². The lowest BCUT2D eigenvalue weighted by molar-refractivity contribution is 0.415. The number of fused-ring (bicyclic) bond motifs is 1. The lowest BCUT2D eigenvalue weighted by Crippen LogP contribution is -1.99. The van der Waals surface area contributed by atoms with Crippen molar-refractivity contribution < 1.29 is 13.2 Å². The minimum absolute atomic E-state index is 0.290. The maximum atomic E-state index is 11.7. The first-order valence-electron chi connectivity index (χ1n) is 8.40. The zero-order chi connectivity index (χ0) is 19.0. The topological polar surface area (TPSA) is 61.2 Å². The summed E-state index contributed by atoms with van der Waals surface area (Å²) in [6.07, 6.45) is 1.20. The van der Waals surface area contributed by atoms with Gasteiger partial charge in [0.1, 0.15) is 11.6 Å². The quantitative estimate of drug-likeness (QED) is 0.536. The monoisotopic (exact) mass is 378 g/mol. The van der Waals surface area contributed by atoms with Crippen molar-refractivity contribution in [3.05, 3.63) is 72.8 Å². The lowest BCUT2D eigenvalue weighted by Gasteiger charge is -2.11. The van der Waals surface area contributed by atoms with E-state index in [2.05, 4.69) is 4.57 Å². The van der Waals surface area contributed by atoms with Crippen molar-refractivity contribution in [2.24, 2.45) is 0 Å². The van der Waals surface area contributed by atoms with Gasteiger partial charge in [-0.3, -0.25) is 4.57 Å². The van der Waals surface area contributed by atoms with Gasteiger partial charge in [0, 0.05) is 17.5 Å². The minimum Gasteiger partial charge on any atom is -0.497 e. The van der Waals surface area contributed by atoms with Crippen LogP contribution in [-0.4, -0.2) is 31.3 Å². The van der Waals surface area contributed by atoms with Crippen LogP contribution in [0.2, 0.25) is 0 Å². The molecule has 0 fully saturated rings. The molecule has 0 atom stereocenters. The van der Waals surface area contributed by atoms with Crippen LogP contribution in [0.1, 0.15) is 0 Å². The van der Waals surface area contributed by atoms with E-state index in [0.717, 1.165) is 33.9 Å². The molecule has 0 aliphatic heterocycles. The average Bonchev–Trinajstić information content (AvgIpc) is 3.07. The number of aromatic nitrogens is 2. The Balaban J connectivity index is 1.92. The Morgan fingerprint density at radius 2 is 1.56 bits per heavy atom. The molecule has 4 aromatic rings. The van der Waals surface area contributed by atoms with Gasteiger partial charge in [0.15, 0.2) is 9.84 Å². The summed E-state index contributed by atoms with van der Waals surface area (Å²) < 4.78 is 30.8. The molecule has 136 valence electrons. The van der Waals surface area contributed by atoms with Crippen molar-refractivity contribution >= 4 is 20.9 Å². The van der Waals surface area contributed by atoms with E-state index in [1.54, 1.807) is 31.4 Å². The van der Waals surface area contributed by atoms with E-state index in [0.29, 0.717) is 4.90 Å². The fourth-order valence-corrected chi connectivity index (χ4v) is 3.69. The Morgan fingerprint density at radius 3 is 2.19 bits per heavy atom. The Bertz CT molecular complexity index is 1210. The number of nitrogens with zero attached hydrogens (tertiary/aromatic N) is 2. The van der Waals surface area contributed by atoms with E-state index in [4.69, 9.17) is 9.72 Å². The van der Waals surface area contributed by atoms with Crippen LogP contribution < -0.4 is 4.74 Å². The first-order chi connectivity index (χ1) is 13.0. The van der Waals surface area contributed by atoms with E-state index in [9.17, 15) is 8.42 Å². The molecular weight excluding hydrogens is 360 g/mol. The molecular formula is C21H18N2O3S. The molecule has 5 nitrogen and oxygen atoms in total. The summed E-state index contributed by atoms with van der Waals surface area (Å²) in [7, 11) is -1.60. The average molecular weight is 378 g/mol. The third-order valence-corrected chi connectivity index (χ3v) is 5.56. The molecule has 0 spiro atoms. The van der Waals surface area contributed by atoms with Crippen molar-refractivity contribution in [2.75, 3.05) is 13.4 Å². The molecule has 0 N–H and O–H groups in total. The number of para-hydroxylation sites is 2. The van der Waals surface area contributed by atoms with Gasteiger partial charge in [-0.2, -0.15) is 0 Å². The van der Waals surface area contributed by atoms with Crippen LogP contribution in [0.5, 0.6) is 5.75 Å². The summed E-state index contributed by atoms with van der Waals surface area (Å²) in [6.45, 7) is 0. The molecule has 6 heteroatoms. The predicted octanol–water partition coefficient (Wildman–Crippen LogP) is 4.10. The third kappa shape index (κ3) is 3.19. The molecule has 27 heavy (non-hydrogen) atoms. The highest BCUT2D eigenvalue weighted by Crippen LogP contribution is 2.30. The van der Waals surface area contributed by atoms with Crippen LogP contribution in [0.4, 0.5) is 0 Å². The van der Waals surface area contributed by atoms with Crippen molar-refractivity contribution in [1.29, 1.82) is 0 Å². The van der Waals surface area contributed by atoms with Gasteiger partial charge >= 0.3 is 0 Å². The normalized spacial score (nSPS) is 11.6. The number of rotatable bonds is 4. The minimum atomic E-state index is -3.24. The highest BCUT2D eigenvalue weighted by Gasteiger charge is 2.15. The second-order valence-electron chi connectivity index (χ2n) is 6.25. The number of ether oxygens (including phenoxy) is 1. The summed E-state index contributed by atoms with van der Waals surface area (Å²) in [4.78, 5) is 5.07. The van der Waals surface area contributed by atoms with Crippen LogP contribution in [-0.2, 0) is 9.84 Å². The number of methoxy groups -OCH3 is 1. The first-order valence-corrected chi connectivity index (χ1v) is 10.3. The Hall–Kier alpha value is -3.12. The van der Waals surface area contributed by atoms with E-state index >= 15 is 0 Å². The van der Waals surface area contributed by atoms with Crippen LogP contribution in [0, 0.1) is 0 Å². The van der Waals surface area contributed by atoms with E-state index in [1.165, 1.54) is 6.26 Å². The number of imidazole rings is 1. The van der Waals surface area contributed by atoms with Gasteiger partial charge in [-0.1, -0.05) is 12.1 Å². The molecule has 1 aromatic heterocycles. The van der Waals surface area contributed by atoms with E-state index in [1.807, 2.05) is 48.5 Å². The van der Waals surface area contributed by atoms with Crippen LogP contribution >= 0.6 is 0 Å². The van der Waals surface area contributed by atoms with Gasteiger partial charge in [0.2, 0.25) is 0 Å². The number of hydrogen-bond acceptors (Lipinski definition) is 4. The van der Waals surface area contributed by atoms with Crippen molar-refractivity contribution in [2.45, 2.75) is 4.90 Å². The predicted molar refractivity (Wildman–Crippen MR) is 106 cm³/mol.